The molecule has 0 atom stereocenters. The van der Waals surface area contributed by atoms with Crippen LogP contribution in [0.25, 0.3) is 10.2 Å². The summed E-state index contributed by atoms with van der Waals surface area (Å²) < 4.78 is 28.3. The van der Waals surface area contributed by atoms with Crippen LogP contribution in [-0.2, 0) is 10.0 Å². The number of amides is 1. The summed E-state index contributed by atoms with van der Waals surface area (Å²) in [6.07, 6.45) is 0. The van der Waals surface area contributed by atoms with Crippen molar-refractivity contribution in [2.24, 2.45) is 0 Å². The molecule has 9 heteroatoms. The van der Waals surface area contributed by atoms with Crippen molar-refractivity contribution in [3.63, 3.8) is 0 Å². The fraction of sp³-hybridized carbons (Fsp3) is 0.222. The van der Waals surface area contributed by atoms with Gasteiger partial charge in [0.15, 0.2) is 5.13 Å². The number of sulfonamides is 1. The zero-order chi connectivity index (χ0) is 19.6. The van der Waals surface area contributed by atoms with Crippen LogP contribution in [-0.4, -0.2) is 36.7 Å². The van der Waals surface area contributed by atoms with Crippen LogP contribution in [0.1, 0.15) is 24.2 Å². The first-order chi connectivity index (χ1) is 12.9. The molecule has 0 radical (unpaired) electrons. The Kier molecular flexibility index (Phi) is 6.14. The van der Waals surface area contributed by atoms with Crippen LogP contribution in [0.3, 0.4) is 0 Å². The minimum absolute atomic E-state index is 0.234. The summed E-state index contributed by atoms with van der Waals surface area (Å²) in [6.45, 7) is 4.45. The molecule has 1 N–H and O–H groups in total. The Labute approximate surface area is 175 Å². The van der Waals surface area contributed by atoms with E-state index < -0.39 is 10.0 Å². The van der Waals surface area contributed by atoms with Gasteiger partial charge in [0.1, 0.15) is 0 Å². The molecule has 1 aromatic heterocycles. The summed E-state index contributed by atoms with van der Waals surface area (Å²) in [4.78, 5) is 17.1. The lowest BCUT2D eigenvalue weighted by Crippen LogP contribution is -2.30. The van der Waals surface area contributed by atoms with E-state index in [1.165, 1.54) is 15.6 Å². The maximum absolute atomic E-state index is 12.7. The van der Waals surface area contributed by atoms with Gasteiger partial charge in [0, 0.05) is 16.7 Å². The molecular weight excluding hydrogens is 497 g/mol. The molecule has 0 saturated carbocycles. The number of aromatic nitrogens is 1. The number of carbonyl (C=O) groups excluding carboxylic acids is 1. The summed E-state index contributed by atoms with van der Waals surface area (Å²) in [7, 11) is -3.53. The lowest BCUT2D eigenvalue weighted by atomic mass is 10.2. The second-order valence-electron chi connectivity index (χ2n) is 5.67. The summed E-state index contributed by atoms with van der Waals surface area (Å²) in [5.74, 6) is -0.241. The lowest BCUT2D eigenvalue weighted by Gasteiger charge is -2.18. The minimum Gasteiger partial charge on any atom is -0.298 e. The molecule has 1 amide bonds. The molecule has 2 aromatic carbocycles. The van der Waals surface area contributed by atoms with Gasteiger partial charge in [-0.3, -0.25) is 10.1 Å². The van der Waals surface area contributed by atoms with Crippen LogP contribution in [0.2, 0.25) is 0 Å². The summed E-state index contributed by atoms with van der Waals surface area (Å²) >= 11 is 3.36. The van der Waals surface area contributed by atoms with Gasteiger partial charge in [-0.1, -0.05) is 37.3 Å². The maximum Gasteiger partial charge on any atom is 0.258 e. The Hall–Kier alpha value is -1.56. The molecule has 0 unspecified atom stereocenters. The van der Waals surface area contributed by atoms with Crippen molar-refractivity contribution in [3.05, 3.63) is 51.6 Å². The van der Waals surface area contributed by atoms with Crippen molar-refractivity contribution in [3.8, 4) is 0 Å². The number of anilines is 1. The molecule has 0 aliphatic rings. The number of rotatable bonds is 6. The van der Waals surface area contributed by atoms with Crippen molar-refractivity contribution in [1.82, 2.24) is 9.29 Å². The van der Waals surface area contributed by atoms with E-state index in [2.05, 4.69) is 32.9 Å². The number of fused-ring (bicyclic) bond motifs is 1. The minimum atomic E-state index is -3.53. The number of thiazole rings is 1. The van der Waals surface area contributed by atoms with Crippen molar-refractivity contribution in [2.45, 2.75) is 18.7 Å². The number of carbonyl (C=O) groups is 1. The number of hydrogen-bond acceptors (Lipinski definition) is 5. The van der Waals surface area contributed by atoms with Crippen LogP contribution in [0, 0.1) is 3.57 Å². The highest BCUT2D eigenvalue weighted by molar-refractivity contribution is 14.1. The first kappa shape index (κ1) is 20.2. The highest BCUT2D eigenvalue weighted by atomic mass is 127. The second-order valence-corrected chi connectivity index (χ2v) is 9.80. The largest absolute Gasteiger partial charge is 0.298 e. The molecule has 0 saturated heterocycles. The van der Waals surface area contributed by atoms with Crippen LogP contribution in [0.5, 0.6) is 0 Å². The van der Waals surface area contributed by atoms with E-state index >= 15 is 0 Å². The predicted octanol–water partition coefficient (Wildman–Crippen LogP) is 4.18. The van der Waals surface area contributed by atoms with Gasteiger partial charge in [-0.05, 0) is 52.9 Å². The molecular formula is C18H18IN3O3S2. The molecule has 0 fully saturated rings. The van der Waals surface area contributed by atoms with Gasteiger partial charge in [-0.15, -0.1) is 0 Å². The smallest absolute Gasteiger partial charge is 0.258 e. The zero-order valence-corrected chi connectivity index (χ0v) is 18.6. The molecule has 3 aromatic rings. The van der Waals surface area contributed by atoms with E-state index in [4.69, 9.17) is 0 Å². The lowest BCUT2D eigenvalue weighted by molar-refractivity contribution is 0.102. The van der Waals surface area contributed by atoms with Gasteiger partial charge in [0.25, 0.3) is 5.91 Å². The van der Waals surface area contributed by atoms with Crippen LogP contribution in [0.15, 0.2) is 47.4 Å². The zero-order valence-electron chi connectivity index (χ0n) is 14.8. The van der Waals surface area contributed by atoms with Crippen LogP contribution < -0.4 is 5.32 Å². The first-order valence-electron chi connectivity index (χ1n) is 8.33. The number of nitrogens with zero attached hydrogens (tertiary/aromatic N) is 2. The van der Waals surface area contributed by atoms with Gasteiger partial charge < -0.3 is 0 Å². The number of halogens is 1. The van der Waals surface area contributed by atoms with E-state index in [9.17, 15) is 13.2 Å². The highest BCUT2D eigenvalue weighted by Gasteiger charge is 2.22. The Morgan fingerprint density at radius 2 is 1.89 bits per heavy atom. The summed E-state index contributed by atoms with van der Waals surface area (Å²) in [5.41, 5.74) is 1.22. The monoisotopic (exact) mass is 515 g/mol. The molecule has 6 nitrogen and oxygen atoms in total. The Morgan fingerprint density at radius 3 is 2.56 bits per heavy atom. The van der Waals surface area contributed by atoms with Gasteiger partial charge >= 0.3 is 0 Å². The topological polar surface area (TPSA) is 79.4 Å². The third-order valence-electron chi connectivity index (χ3n) is 4.04. The maximum atomic E-state index is 12.7. The molecule has 3 rings (SSSR count). The van der Waals surface area contributed by atoms with Gasteiger partial charge in [0.2, 0.25) is 10.0 Å². The van der Waals surface area contributed by atoms with Crippen LogP contribution in [0.4, 0.5) is 5.13 Å². The van der Waals surface area contributed by atoms with Crippen molar-refractivity contribution >= 4 is 65.2 Å². The third-order valence-corrected chi connectivity index (χ3v) is 7.96. The average Bonchev–Trinajstić information content (AvgIpc) is 3.04. The van der Waals surface area contributed by atoms with E-state index in [0.29, 0.717) is 34.0 Å². The van der Waals surface area contributed by atoms with E-state index in [1.807, 2.05) is 26.0 Å². The first-order valence-corrected chi connectivity index (χ1v) is 11.7. The van der Waals surface area contributed by atoms with Gasteiger partial charge in [0.05, 0.1) is 20.7 Å². The standard InChI is InChI=1S/C18H18IN3O3S2/c1-3-22(4-2)27(24,25)12-9-10-15-16(11-12)26-18(20-15)21-17(23)13-7-5-6-8-14(13)19/h5-11H,3-4H2,1-2H3,(H,20,21,23). The van der Waals surface area contributed by atoms with Gasteiger partial charge in [-0.2, -0.15) is 4.31 Å². The normalized spacial score (nSPS) is 11.9. The van der Waals surface area contributed by atoms with E-state index in [1.54, 1.807) is 30.3 Å². The SMILES string of the molecule is CCN(CC)S(=O)(=O)c1ccc2nc(NC(=O)c3ccccc3I)sc2c1. The predicted molar refractivity (Wildman–Crippen MR) is 117 cm³/mol. The highest BCUT2D eigenvalue weighted by Crippen LogP contribution is 2.29. The number of nitrogens with one attached hydrogen (secondary N) is 1. The third kappa shape index (κ3) is 4.15. The second kappa shape index (κ2) is 8.21. The molecule has 142 valence electrons. The quantitative estimate of drug-likeness (QED) is 0.500. The molecule has 0 spiro atoms. The molecule has 27 heavy (non-hydrogen) atoms. The number of hydrogen-bond donors (Lipinski definition) is 1. The molecule has 0 aliphatic heterocycles. The van der Waals surface area contributed by atoms with Crippen molar-refractivity contribution in [2.75, 3.05) is 18.4 Å². The van der Waals surface area contributed by atoms with Crippen molar-refractivity contribution in [1.29, 1.82) is 0 Å². The van der Waals surface area contributed by atoms with Gasteiger partial charge in [-0.25, -0.2) is 13.4 Å². The Morgan fingerprint density at radius 1 is 1.19 bits per heavy atom. The van der Waals surface area contributed by atoms with Crippen LogP contribution >= 0.6 is 33.9 Å². The van der Waals surface area contributed by atoms with E-state index in [-0.39, 0.29) is 10.8 Å². The van der Waals surface area contributed by atoms with E-state index in [0.717, 1.165) is 3.57 Å². The van der Waals surface area contributed by atoms with Crippen molar-refractivity contribution < 1.29 is 13.2 Å². The summed E-state index contributed by atoms with van der Waals surface area (Å²) in [6, 6.07) is 12.1. The molecule has 1 heterocycles. The number of benzene rings is 2. The fourth-order valence-corrected chi connectivity index (χ4v) is 5.73. The molecule has 0 bridgehead atoms. The molecule has 0 aliphatic carbocycles. The summed E-state index contributed by atoms with van der Waals surface area (Å²) in [5, 5.41) is 3.23. The fourth-order valence-electron chi connectivity index (χ4n) is 2.64. The average molecular weight is 515 g/mol. The Balaban J connectivity index is 1.90. The Bertz CT molecular complexity index is 1090.